The molecule has 0 atom stereocenters. The van der Waals surface area contributed by atoms with E-state index in [9.17, 15) is 8.78 Å². The van der Waals surface area contributed by atoms with Crippen LogP contribution in [0.25, 0.3) is 16.1 Å². The standard InChI is InChI=1S/C16H16F2OSe/c1-3-5-6-11-7-10-14(20-11)12-8-9-13(19-4-2)16(18)15(12)17/h5-10H,3-4H2,1-2H3/b6-5+. The number of rotatable bonds is 5. The first kappa shape index (κ1) is 15.0. The van der Waals surface area contributed by atoms with Gasteiger partial charge in [-0.3, -0.25) is 0 Å². The van der Waals surface area contributed by atoms with E-state index in [1.165, 1.54) is 10.5 Å². The van der Waals surface area contributed by atoms with Gasteiger partial charge in [-0.1, -0.05) is 0 Å². The normalized spacial score (nSPS) is 11.2. The Balaban J connectivity index is 2.35. The fourth-order valence-corrected chi connectivity index (χ4v) is 3.82. The molecule has 1 heterocycles. The van der Waals surface area contributed by atoms with Gasteiger partial charge in [0.15, 0.2) is 0 Å². The van der Waals surface area contributed by atoms with Gasteiger partial charge in [-0.25, -0.2) is 0 Å². The van der Waals surface area contributed by atoms with E-state index >= 15 is 0 Å². The summed E-state index contributed by atoms with van der Waals surface area (Å²) in [6, 6.07) is 6.92. The molecular weight excluding hydrogens is 325 g/mol. The van der Waals surface area contributed by atoms with E-state index < -0.39 is 11.6 Å². The van der Waals surface area contributed by atoms with Crippen molar-refractivity contribution in [3.8, 4) is 15.8 Å². The molecule has 2 aromatic rings. The van der Waals surface area contributed by atoms with Crippen molar-refractivity contribution >= 4 is 20.6 Å². The van der Waals surface area contributed by atoms with E-state index in [0.717, 1.165) is 10.9 Å². The van der Waals surface area contributed by atoms with Gasteiger partial charge < -0.3 is 0 Å². The van der Waals surface area contributed by atoms with Crippen LogP contribution in [-0.4, -0.2) is 21.1 Å². The van der Waals surface area contributed by atoms with Crippen molar-refractivity contribution in [2.75, 3.05) is 6.61 Å². The van der Waals surface area contributed by atoms with Gasteiger partial charge in [-0.15, -0.1) is 0 Å². The number of allylic oxidation sites excluding steroid dienone is 1. The molecule has 0 fully saturated rings. The van der Waals surface area contributed by atoms with Crippen LogP contribution in [0.1, 0.15) is 24.7 Å². The summed E-state index contributed by atoms with van der Waals surface area (Å²) >= 11 is 0.0199. The first-order chi connectivity index (χ1) is 9.67. The first-order valence-electron chi connectivity index (χ1n) is 6.54. The van der Waals surface area contributed by atoms with Crippen LogP contribution in [0.3, 0.4) is 0 Å². The van der Waals surface area contributed by atoms with Crippen molar-refractivity contribution in [3.05, 3.63) is 46.4 Å². The summed E-state index contributed by atoms with van der Waals surface area (Å²) in [5.41, 5.74) is 0.335. The maximum absolute atomic E-state index is 14.1. The summed E-state index contributed by atoms with van der Waals surface area (Å²) in [4.78, 5) is 0. The van der Waals surface area contributed by atoms with Gasteiger partial charge in [0.25, 0.3) is 0 Å². The molecule has 1 aromatic heterocycles. The molecule has 0 saturated carbocycles. The first-order valence-corrected chi connectivity index (χ1v) is 8.26. The zero-order chi connectivity index (χ0) is 14.5. The molecule has 0 bridgehead atoms. The topological polar surface area (TPSA) is 9.23 Å². The van der Waals surface area contributed by atoms with Crippen molar-refractivity contribution in [1.82, 2.24) is 0 Å². The van der Waals surface area contributed by atoms with Gasteiger partial charge in [-0.2, -0.15) is 0 Å². The third kappa shape index (κ3) is 3.20. The third-order valence-corrected chi connectivity index (χ3v) is 5.03. The van der Waals surface area contributed by atoms with Crippen LogP contribution in [0, 0.1) is 11.6 Å². The Morgan fingerprint density at radius 3 is 2.60 bits per heavy atom. The van der Waals surface area contributed by atoms with Crippen LogP contribution in [0.4, 0.5) is 8.78 Å². The van der Waals surface area contributed by atoms with Crippen LogP contribution in [0.5, 0.6) is 5.75 Å². The second kappa shape index (κ2) is 6.87. The van der Waals surface area contributed by atoms with Crippen LogP contribution >= 0.6 is 0 Å². The van der Waals surface area contributed by atoms with E-state index in [-0.39, 0.29) is 20.3 Å². The third-order valence-electron chi connectivity index (χ3n) is 2.76. The molecule has 0 unspecified atom stereocenters. The summed E-state index contributed by atoms with van der Waals surface area (Å²) in [6.45, 7) is 4.12. The number of hydrogen-bond donors (Lipinski definition) is 0. The molecule has 106 valence electrons. The van der Waals surface area contributed by atoms with Crippen LogP contribution < -0.4 is 4.74 Å². The SMILES string of the molecule is CC/C=C/c1ccc(-c2ccc(OCC)c(F)c2F)[se]1. The fourth-order valence-electron chi connectivity index (χ4n) is 1.81. The molecule has 0 spiro atoms. The summed E-state index contributed by atoms with van der Waals surface area (Å²) in [5.74, 6) is -1.75. The van der Waals surface area contributed by atoms with Crippen molar-refractivity contribution in [1.29, 1.82) is 0 Å². The molecule has 2 rings (SSSR count). The van der Waals surface area contributed by atoms with Crippen molar-refractivity contribution in [2.45, 2.75) is 20.3 Å². The summed E-state index contributed by atoms with van der Waals surface area (Å²) in [6.07, 6.45) is 5.08. The number of hydrogen-bond acceptors (Lipinski definition) is 1. The summed E-state index contributed by atoms with van der Waals surface area (Å²) in [5, 5.41) is 0. The Morgan fingerprint density at radius 1 is 1.10 bits per heavy atom. The van der Waals surface area contributed by atoms with Gasteiger partial charge in [-0.05, 0) is 0 Å². The quantitative estimate of drug-likeness (QED) is 0.727. The van der Waals surface area contributed by atoms with Crippen molar-refractivity contribution in [2.24, 2.45) is 0 Å². The van der Waals surface area contributed by atoms with Crippen molar-refractivity contribution in [3.63, 3.8) is 0 Å². The second-order valence-electron chi connectivity index (χ2n) is 4.18. The van der Waals surface area contributed by atoms with Crippen LogP contribution in [-0.2, 0) is 0 Å². The molecule has 0 amide bonds. The zero-order valence-corrected chi connectivity index (χ0v) is 13.2. The number of ether oxygens (including phenoxy) is 1. The van der Waals surface area contributed by atoms with E-state index in [1.807, 2.05) is 18.2 Å². The molecule has 1 aromatic carbocycles. The van der Waals surface area contributed by atoms with Gasteiger partial charge >= 0.3 is 123 Å². The zero-order valence-electron chi connectivity index (χ0n) is 11.5. The molecule has 0 aliphatic heterocycles. The predicted octanol–water partition coefficient (Wildman–Crippen LogP) is 4.51. The van der Waals surface area contributed by atoms with Crippen LogP contribution in [0.2, 0.25) is 0 Å². The molecule has 4 heteroatoms. The molecular formula is C16H16F2OSe. The predicted molar refractivity (Wildman–Crippen MR) is 79.2 cm³/mol. The van der Waals surface area contributed by atoms with E-state index in [2.05, 4.69) is 13.0 Å². The molecule has 0 aliphatic rings. The van der Waals surface area contributed by atoms with E-state index in [0.29, 0.717) is 12.2 Å². The molecule has 1 nitrogen and oxygen atoms in total. The summed E-state index contributed by atoms with van der Waals surface area (Å²) < 4.78 is 35.0. The Kier molecular flexibility index (Phi) is 5.16. The average Bonchev–Trinajstić information content (AvgIpc) is 2.90. The number of halogens is 2. The van der Waals surface area contributed by atoms with Crippen molar-refractivity contribution < 1.29 is 13.5 Å². The average molecular weight is 341 g/mol. The Hall–Kier alpha value is -1.38. The molecule has 0 saturated heterocycles. The Bertz CT molecular complexity index is 617. The molecule has 20 heavy (non-hydrogen) atoms. The minimum absolute atomic E-state index is 0.0199. The van der Waals surface area contributed by atoms with Gasteiger partial charge in [0, 0.05) is 0 Å². The molecule has 0 aliphatic carbocycles. The van der Waals surface area contributed by atoms with Crippen LogP contribution in [0.15, 0.2) is 30.3 Å². The molecule has 0 N–H and O–H groups in total. The Labute approximate surface area is 123 Å². The van der Waals surface area contributed by atoms with Gasteiger partial charge in [0.2, 0.25) is 0 Å². The van der Waals surface area contributed by atoms with Gasteiger partial charge in [0.05, 0.1) is 0 Å². The second-order valence-corrected chi connectivity index (χ2v) is 6.52. The molecule has 0 radical (unpaired) electrons. The van der Waals surface area contributed by atoms with Gasteiger partial charge in [0.1, 0.15) is 0 Å². The van der Waals surface area contributed by atoms with E-state index in [1.54, 1.807) is 13.0 Å². The maximum atomic E-state index is 14.1. The minimum atomic E-state index is -0.904. The number of benzene rings is 1. The Morgan fingerprint density at radius 2 is 1.90 bits per heavy atom. The monoisotopic (exact) mass is 342 g/mol. The summed E-state index contributed by atoms with van der Waals surface area (Å²) in [7, 11) is 0. The van der Waals surface area contributed by atoms with E-state index in [4.69, 9.17) is 4.74 Å². The fraction of sp³-hybridized carbons (Fsp3) is 0.250.